The van der Waals surface area contributed by atoms with E-state index in [0.717, 1.165) is 10.6 Å². The van der Waals surface area contributed by atoms with Gasteiger partial charge in [0, 0.05) is 22.5 Å². The summed E-state index contributed by atoms with van der Waals surface area (Å²) in [6.45, 7) is 4.29. The molecule has 2 unspecified atom stereocenters. The molecule has 1 fully saturated rings. The van der Waals surface area contributed by atoms with Crippen molar-refractivity contribution in [2.75, 3.05) is 12.3 Å². The molecule has 1 aromatic rings. The number of rotatable bonds is 4. The molecule has 2 atom stereocenters. The summed E-state index contributed by atoms with van der Waals surface area (Å²) in [4.78, 5) is 26.4. The van der Waals surface area contributed by atoms with Gasteiger partial charge in [-0.15, -0.1) is 11.8 Å². The Balaban J connectivity index is 2.26. The SMILES string of the molecule is CCSc1cc(Cl)ccc1C(=O)N1CCC(C(=O)O)C1C. The summed E-state index contributed by atoms with van der Waals surface area (Å²) in [7, 11) is 0. The number of carbonyl (C=O) groups excluding carboxylic acids is 1. The summed E-state index contributed by atoms with van der Waals surface area (Å²) in [6.07, 6.45) is 0.506. The first-order chi connectivity index (χ1) is 9.95. The molecule has 0 spiro atoms. The average molecular weight is 328 g/mol. The summed E-state index contributed by atoms with van der Waals surface area (Å²) in [6, 6.07) is 4.93. The minimum Gasteiger partial charge on any atom is -0.481 e. The van der Waals surface area contributed by atoms with Gasteiger partial charge >= 0.3 is 5.97 Å². The van der Waals surface area contributed by atoms with Crippen molar-refractivity contribution in [2.24, 2.45) is 5.92 Å². The van der Waals surface area contributed by atoms with Gasteiger partial charge < -0.3 is 10.0 Å². The molecule has 1 saturated heterocycles. The molecule has 21 heavy (non-hydrogen) atoms. The van der Waals surface area contributed by atoms with Crippen molar-refractivity contribution in [3.63, 3.8) is 0 Å². The fraction of sp³-hybridized carbons (Fsp3) is 0.467. The lowest BCUT2D eigenvalue weighted by atomic mass is 10.0. The molecule has 4 nitrogen and oxygen atoms in total. The first-order valence-corrected chi connectivity index (χ1v) is 8.28. The fourth-order valence-corrected chi connectivity index (χ4v) is 3.73. The van der Waals surface area contributed by atoms with Crippen LogP contribution in [0, 0.1) is 5.92 Å². The van der Waals surface area contributed by atoms with E-state index < -0.39 is 11.9 Å². The van der Waals surface area contributed by atoms with Crippen LogP contribution in [0.25, 0.3) is 0 Å². The zero-order valence-corrected chi connectivity index (χ0v) is 13.6. The lowest BCUT2D eigenvalue weighted by Crippen LogP contribution is -2.37. The standard InChI is InChI=1S/C15H18ClNO3S/c1-3-21-13-8-10(16)4-5-12(13)14(18)17-7-6-11(9(17)2)15(19)20/h4-5,8-9,11H,3,6-7H2,1-2H3,(H,19,20). The number of carbonyl (C=O) groups is 2. The van der Waals surface area contributed by atoms with Crippen LogP contribution in [0.15, 0.2) is 23.1 Å². The van der Waals surface area contributed by atoms with Crippen molar-refractivity contribution >= 4 is 35.2 Å². The fourth-order valence-electron chi connectivity index (χ4n) is 2.66. The van der Waals surface area contributed by atoms with Crippen molar-refractivity contribution in [1.82, 2.24) is 4.90 Å². The summed E-state index contributed by atoms with van der Waals surface area (Å²) in [5.74, 6) is -0.590. The first kappa shape index (κ1) is 16.2. The van der Waals surface area contributed by atoms with E-state index in [0.29, 0.717) is 23.6 Å². The Bertz CT molecular complexity index is 564. The number of thioether (sulfide) groups is 1. The molecule has 1 aliphatic heterocycles. The number of carboxylic acids is 1. The Morgan fingerprint density at radius 2 is 2.19 bits per heavy atom. The van der Waals surface area contributed by atoms with Gasteiger partial charge in [0.1, 0.15) is 0 Å². The van der Waals surface area contributed by atoms with Gasteiger partial charge in [-0.05, 0) is 37.3 Å². The number of hydrogen-bond acceptors (Lipinski definition) is 3. The van der Waals surface area contributed by atoms with Crippen LogP contribution in [-0.2, 0) is 4.79 Å². The Hall–Kier alpha value is -1.20. The van der Waals surface area contributed by atoms with Gasteiger partial charge in [-0.2, -0.15) is 0 Å². The van der Waals surface area contributed by atoms with E-state index >= 15 is 0 Å². The van der Waals surface area contributed by atoms with Crippen molar-refractivity contribution < 1.29 is 14.7 Å². The molecule has 0 saturated carbocycles. The van der Waals surface area contributed by atoms with Gasteiger partial charge in [0.05, 0.1) is 11.5 Å². The number of benzene rings is 1. The minimum atomic E-state index is -0.836. The molecular weight excluding hydrogens is 310 g/mol. The minimum absolute atomic E-state index is 0.112. The van der Waals surface area contributed by atoms with E-state index in [1.807, 2.05) is 6.92 Å². The second kappa shape index (κ2) is 6.71. The molecule has 6 heteroatoms. The highest BCUT2D eigenvalue weighted by Crippen LogP contribution is 2.31. The number of nitrogens with zero attached hydrogens (tertiary/aromatic N) is 1. The summed E-state index contributed by atoms with van der Waals surface area (Å²) in [5, 5.41) is 9.77. The summed E-state index contributed by atoms with van der Waals surface area (Å²) < 4.78 is 0. The quantitative estimate of drug-likeness (QED) is 0.861. The average Bonchev–Trinajstić information content (AvgIpc) is 2.80. The van der Waals surface area contributed by atoms with Crippen molar-refractivity contribution in [3.8, 4) is 0 Å². The molecule has 114 valence electrons. The van der Waals surface area contributed by atoms with E-state index in [1.54, 1.807) is 41.8 Å². The van der Waals surface area contributed by atoms with Crippen molar-refractivity contribution in [2.45, 2.75) is 31.2 Å². The molecular formula is C15H18ClNO3S. The number of amides is 1. The van der Waals surface area contributed by atoms with Gasteiger partial charge in [0.2, 0.25) is 0 Å². The molecule has 0 aliphatic carbocycles. The maximum atomic E-state index is 12.7. The van der Waals surface area contributed by atoms with Gasteiger partial charge in [0.15, 0.2) is 0 Å². The highest BCUT2D eigenvalue weighted by Gasteiger charge is 2.38. The van der Waals surface area contributed by atoms with Crippen LogP contribution < -0.4 is 0 Å². The molecule has 1 aromatic carbocycles. The monoisotopic (exact) mass is 327 g/mol. The van der Waals surface area contributed by atoms with Crippen LogP contribution >= 0.6 is 23.4 Å². The largest absolute Gasteiger partial charge is 0.481 e. The van der Waals surface area contributed by atoms with Crippen LogP contribution in [-0.4, -0.2) is 40.2 Å². The zero-order chi connectivity index (χ0) is 15.6. The number of hydrogen-bond donors (Lipinski definition) is 1. The summed E-state index contributed by atoms with van der Waals surface area (Å²) in [5.41, 5.74) is 0.601. The molecule has 1 N–H and O–H groups in total. The Morgan fingerprint density at radius 1 is 1.48 bits per heavy atom. The van der Waals surface area contributed by atoms with E-state index in [9.17, 15) is 9.59 Å². The van der Waals surface area contributed by atoms with Gasteiger partial charge in [-0.25, -0.2) is 0 Å². The van der Waals surface area contributed by atoms with E-state index in [4.69, 9.17) is 16.7 Å². The molecule has 1 heterocycles. The second-order valence-corrected chi connectivity index (χ2v) is 6.79. The second-order valence-electron chi connectivity index (χ2n) is 5.05. The van der Waals surface area contributed by atoms with Crippen LogP contribution in [0.3, 0.4) is 0 Å². The molecule has 1 aliphatic rings. The topological polar surface area (TPSA) is 57.6 Å². The zero-order valence-electron chi connectivity index (χ0n) is 12.0. The normalized spacial score (nSPS) is 21.6. The predicted octanol–water partition coefficient (Wildman–Crippen LogP) is 3.39. The molecule has 2 rings (SSSR count). The van der Waals surface area contributed by atoms with Crippen LogP contribution in [0.4, 0.5) is 0 Å². The van der Waals surface area contributed by atoms with Gasteiger partial charge in [-0.1, -0.05) is 18.5 Å². The van der Waals surface area contributed by atoms with Gasteiger partial charge in [0.25, 0.3) is 5.91 Å². The highest BCUT2D eigenvalue weighted by atomic mass is 35.5. The third kappa shape index (κ3) is 3.35. The first-order valence-electron chi connectivity index (χ1n) is 6.91. The van der Waals surface area contributed by atoms with Gasteiger partial charge in [-0.3, -0.25) is 9.59 Å². The lowest BCUT2D eigenvalue weighted by Gasteiger charge is -2.24. The smallest absolute Gasteiger partial charge is 0.308 e. The Kier molecular flexibility index (Phi) is 5.17. The van der Waals surface area contributed by atoms with E-state index in [1.165, 1.54) is 0 Å². The molecule has 1 amide bonds. The highest BCUT2D eigenvalue weighted by molar-refractivity contribution is 7.99. The Morgan fingerprint density at radius 3 is 2.76 bits per heavy atom. The number of halogens is 1. The summed E-state index contributed by atoms with van der Waals surface area (Å²) >= 11 is 7.56. The third-order valence-electron chi connectivity index (χ3n) is 3.81. The number of likely N-dealkylation sites (tertiary alicyclic amines) is 1. The number of aliphatic carboxylic acids is 1. The molecule has 0 radical (unpaired) electrons. The van der Waals surface area contributed by atoms with Crippen molar-refractivity contribution in [3.05, 3.63) is 28.8 Å². The van der Waals surface area contributed by atoms with Crippen LogP contribution in [0.5, 0.6) is 0 Å². The van der Waals surface area contributed by atoms with Crippen LogP contribution in [0.2, 0.25) is 5.02 Å². The lowest BCUT2D eigenvalue weighted by molar-refractivity contribution is -0.142. The van der Waals surface area contributed by atoms with Crippen LogP contribution in [0.1, 0.15) is 30.6 Å². The maximum Gasteiger partial charge on any atom is 0.308 e. The maximum absolute atomic E-state index is 12.7. The molecule has 0 bridgehead atoms. The number of carboxylic acid groups (broad SMARTS) is 1. The van der Waals surface area contributed by atoms with Crippen molar-refractivity contribution in [1.29, 1.82) is 0 Å². The predicted molar refractivity (Wildman–Crippen MR) is 84.1 cm³/mol. The Labute approximate surface area is 133 Å². The van der Waals surface area contributed by atoms with E-state index in [2.05, 4.69) is 0 Å². The van der Waals surface area contributed by atoms with E-state index in [-0.39, 0.29) is 11.9 Å². The molecule has 0 aromatic heterocycles. The third-order valence-corrected chi connectivity index (χ3v) is 4.98.